The number of nitrogen functional groups attached to an aromatic ring is 1. The highest BCUT2D eigenvalue weighted by Gasteiger charge is 2.16. The SMILES string of the molecule is CCOc1ccc(-c2nnc(SCC(=O)NCC3CCCCC3)n2N)cc1. The fourth-order valence-electron chi connectivity index (χ4n) is 3.27. The molecule has 0 spiro atoms. The number of rotatable bonds is 8. The first-order valence-corrected chi connectivity index (χ1v) is 10.5. The molecule has 0 aliphatic heterocycles. The Morgan fingerprint density at radius 3 is 2.70 bits per heavy atom. The molecule has 27 heavy (non-hydrogen) atoms. The maximum Gasteiger partial charge on any atom is 0.230 e. The van der Waals surface area contributed by atoms with E-state index < -0.39 is 0 Å². The molecule has 1 aromatic heterocycles. The van der Waals surface area contributed by atoms with Crippen LogP contribution in [0.2, 0.25) is 0 Å². The Labute approximate surface area is 164 Å². The minimum absolute atomic E-state index is 0.0104. The standard InChI is InChI=1S/C19H27N5O2S/c1-2-26-16-10-8-15(9-11-16)18-22-23-19(24(18)20)27-13-17(25)21-12-14-6-4-3-5-7-14/h8-11,14H,2-7,12-13,20H2,1H3,(H,21,25). The van der Waals surface area contributed by atoms with Gasteiger partial charge in [-0.2, -0.15) is 0 Å². The van der Waals surface area contributed by atoms with Crippen LogP contribution in [0.25, 0.3) is 11.4 Å². The van der Waals surface area contributed by atoms with Crippen molar-refractivity contribution in [2.75, 3.05) is 24.7 Å². The number of amides is 1. The third kappa shape index (κ3) is 5.38. The molecule has 146 valence electrons. The van der Waals surface area contributed by atoms with Gasteiger partial charge < -0.3 is 15.9 Å². The number of benzene rings is 1. The van der Waals surface area contributed by atoms with Crippen LogP contribution in [-0.2, 0) is 4.79 Å². The number of nitrogens with one attached hydrogen (secondary N) is 1. The van der Waals surface area contributed by atoms with E-state index in [1.807, 2.05) is 31.2 Å². The summed E-state index contributed by atoms with van der Waals surface area (Å²) in [5.74, 6) is 8.39. The zero-order valence-corrected chi connectivity index (χ0v) is 16.5. The van der Waals surface area contributed by atoms with E-state index in [0.717, 1.165) is 17.9 Å². The van der Waals surface area contributed by atoms with Crippen LogP contribution in [0.1, 0.15) is 39.0 Å². The zero-order valence-electron chi connectivity index (χ0n) is 15.7. The van der Waals surface area contributed by atoms with Crippen molar-refractivity contribution in [2.24, 2.45) is 5.92 Å². The van der Waals surface area contributed by atoms with Crippen LogP contribution in [0.4, 0.5) is 0 Å². The molecule has 7 nitrogen and oxygen atoms in total. The van der Waals surface area contributed by atoms with Gasteiger partial charge in [-0.05, 0) is 49.9 Å². The van der Waals surface area contributed by atoms with Gasteiger partial charge in [-0.25, -0.2) is 4.68 Å². The van der Waals surface area contributed by atoms with Crippen molar-refractivity contribution < 1.29 is 9.53 Å². The molecular formula is C19H27N5O2S. The quantitative estimate of drug-likeness (QED) is 0.532. The van der Waals surface area contributed by atoms with E-state index in [9.17, 15) is 4.79 Å². The number of carbonyl (C=O) groups is 1. The number of thioether (sulfide) groups is 1. The number of nitrogens with zero attached hydrogens (tertiary/aromatic N) is 3. The lowest BCUT2D eigenvalue weighted by Crippen LogP contribution is -2.31. The van der Waals surface area contributed by atoms with Gasteiger partial charge in [0.15, 0.2) is 5.82 Å². The Morgan fingerprint density at radius 2 is 2.00 bits per heavy atom. The summed E-state index contributed by atoms with van der Waals surface area (Å²) in [5, 5.41) is 11.8. The number of ether oxygens (including phenoxy) is 1. The van der Waals surface area contributed by atoms with Gasteiger partial charge in [0.25, 0.3) is 0 Å². The van der Waals surface area contributed by atoms with E-state index in [4.69, 9.17) is 10.6 Å². The van der Waals surface area contributed by atoms with Crippen LogP contribution < -0.4 is 15.9 Å². The molecule has 8 heteroatoms. The van der Waals surface area contributed by atoms with Gasteiger partial charge in [0.2, 0.25) is 11.1 Å². The first-order valence-electron chi connectivity index (χ1n) is 9.50. The minimum atomic E-state index is 0.0104. The Hall–Kier alpha value is -2.22. The second-order valence-electron chi connectivity index (χ2n) is 6.73. The van der Waals surface area contributed by atoms with Crippen molar-refractivity contribution in [2.45, 2.75) is 44.2 Å². The molecule has 0 atom stereocenters. The number of nitrogens with two attached hydrogens (primary N) is 1. The lowest BCUT2D eigenvalue weighted by molar-refractivity contribution is -0.118. The van der Waals surface area contributed by atoms with E-state index >= 15 is 0 Å². The van der Waals surface area contributed by atoms with Crippen LogP contribution in [0.3, 0.4) is 0 Å². The highest BCUT2D eigenvalue weighted by molar-refractivity contribution is 7.99. The topological polar surface area (TPSA) is 95.1 Å². The molecule has 1 aromatic carbocycles. The Morgan fingerprint density at radius 1 is 1.26 bits per heavy atom. The largest absolute Gasteiger partial charge is 0.494 e. The van der Waals surface area contributed by atoms with Gasteiger partial charge in [-0.1, -0.05) is 31.0 Å². The second-order valence-corrected chi connectivity index (χ2v) is 7.67. The summed E-state index contributed by atoms with van der Waals surface area (Å²) in [4.78, 5) is 12.1. The summed E-state index contributed by atoms with van der Waals surface area (Å²) in [6.07, 6.45) is 6.31. The Bertz CT molecular complexity index is 741. The van der Waals surface area contributed by atoms with Crippen LogP contribution in [0, 0.1) is 5.92 Å². The predicted octanol–water partition coefficient (Wildman–Crippen LogP) is 2.85. The lowest BCUT2D eigenvalue weighted by atomic mass is 9.89. The molecule has 0 unspecified atom stereocenters. The molecule has 3 rings (SSSR count). The summed E-state index contributed by atoms with van der Waals surface area (Å²) in [6.45, 7) is 3.33. The van der Waals surface area contributed by atoms with Crippen LogP contribution >= 0.6 is 11.8 Å². The molecule has 1 aliphatic rings. The molecule has 1 saturated carbocycles. The maximum atomic E-state index is 12.1. The molecule has 1 fully saturated rings. The minimum Gasteiger partial charge on any atom is -0.494 e. The molecule has 1 heterocycles. The average molecular weight is 390 g/mol. The second kappa shape index (κ2) is 9.64. The fraction of sp³-hybridized carbons (Fsp3) is 0.526. The molecule has 2 aromatic rings. The van der Waals surface area contributed by atoms with Crippen molar-refractivity contribution in [3.63, 3.8) is 0 Å². The van der Waals surface area contributed by atoms with Gasteiger partial charge in [-0.3, -0.25) is 4.79 Å². The number of carbonyl (C=O) groups excluding carboxylic acids is 1. The summed E-state index contributed by atoms with van der Waals surface area (Å²) in [6, 6.07) is 7.53. The predicted molar refractivity (Wildman–Crippen MR) is 107 cm³/mol. The van der Waals surface area contributed by atoms with Crippen molar-refractivity contribution in [1.29, 1.82) is 0 Å². The highest BCUT2D eigenvalue weighted by atomic mass is 32.2. The fourth-order valence-corrected chi connectivity index (χ4v) is 3.96. The van der Waals surface area contributed by atoms with Gasteiger partial charge in [0.05, 0.1) is 12.4 Å². The van der Waals surface area contributed by atoms with Crippen molar-refractivity contribution in [1.82, 2.24) is 20.2 Å². The first-order chi connectivity index (χ1) is 13.2. The van der Waals surface area contributed by atoms with Crippen molar-refractivity contribution >= 4 is 17.7 Å². The molecule has 0 radical (unpaired) electrons. The molecular weight excluding hydrogens is 362 g/mol. The summed E-state index contributed by atoms with van der Waals surface area (Å²) >= 11 is 1.30. The van der Waals surface area contributed by atoms with Gasteiger partial charge >= 0.3 is 0 Å². The third-order valence-corrected chi connectivity index (χ3v) is 5.68. The summed E-state index contributed by atoms with van der Waals surface area (Å²) in [7, 11) is 0. The smallest absolute Gasteiger partial charge is 0.230 e. The molecule has 1 amide bonds. The third-order valence-electron chi connectivity index (χ3n) is 4.73. The van der Waals surface area contributed by atoms with Crippen LogP contribution in [-0.4, -0.2) is 39.7 Å². The van der Waals surface area contributed by atoms with Crippen LogP contribution in [0.5, 0.6) is 5.75 Å². The normalized spacial score (nSPS) is 14.9. The molecule has 3 N–H and O–H groups in total. The van der Waals surface area contributed by atoms with Gasteiger partial charge in [0.1, 0.15) is 5.75 Å². The maximum absolute atomic E-state index is 12.1. The van der Waals surface area contributed by atoms with Gasteiger partial charge in [-0.15, -0.1) is 10.2 Å². The van der Waals surface area contributed by atoms with E-state index in [2.05, 4.69) is 15.5 Å². The van der Waals surface area contributed by atoms with E-state index in [1.165, 1.54) is 48.5 Å². The lowest BCUT2D eigenvalue weighted by Gasteiger charge is -2.21. The summed E-state index contributed by atoms with van der Waals surface area (Å²) in [5.41, 5.74) is 0.849. The highest BCUT2D eigenvalue weighted by Crippen LogP contribution is 2.24. The van der Waals surface area contributed by atoms with Crippen molar-refractivity contribution in [3.05, 3.63) is 24.3 Å². The number of aromatic nitrogens is 3. The van der Waals surface area contributed by atoms with E-state index in [-0.39, 0.29) is 11.7 Å². The first kappa shape index (κ1) is 19.5. The van der Waals surface area contributed by atoms with Crippen LogP contribution in [0.15, 0.2) is 29.4 Å². The molecule has 1 aliphatic carbocycles. The average Bonchev–Trinajstić information content (AvgIpc) is 3.07. The Kier molecular flexibility index (Phi) is 6.98. The van der Waals surface area contributed by atoms with Crippen molar-refractivity contribution in [3.8, 4) is 17.1 Å². The monoisotopic (exact) mass is 389 g/mol. The van der Waals surface area contributed by atoms with Gasteiger partial charge in [0, 0.05) is 12.1 Å². The van der Waals surface area contributed by atoms with E-state index in [0.29, 0.717) is 23.5 Å². The number of hydrogen-bond acceptors (Lipinski definition) is 6. The summed E-state index contributed by atoms with van der Waals surface area (Å²) < 4.78 is 6.87. The molecule has 0 bridgehead atoms. The zero-order chi connectivity index (χ0) is 19.1. The van der Waals surface area contributed by atoms with E-state index in [1.54, 1.807) is 0 Å². The number of hydrogen-bond donors (Lipinski definition) is 2. The molecule has 0 saturated heterocycles. The Balaban J connectivity index is 1.51.